The zero-order valence-corrected chi connectivity index (χ0v) is 15.0. The van der Waals surface area contributed by atoms with Crippen molar-refractivity contribution in [1.82, 2.24) is 10.4 Å². The van der Waals surface area contributed by atoms with Gasteiger partial charge in [0.25, 0.3) is 5.91 Å². The van der Waals surface area contributed by atoms with E-state index in [-0.39, 0.29) is 5.91 Å². The SMILES string of the molecule is COc1ccc(C(=O)N/N=C(/c2ccccc2)c2ccncc2)cc1OC. The molecule has 6 nitrogen and oxygen atoms in total. The number of aromatic nitrogens is 1. The van der Waals surface area contributed by atoms with Crippen LogP contribution in [-0.2, 0) is 0 Å². The highest BCUT2D eigenvalue weighted by Gasteiger charge is 2.12. The first-order valence-electron chi connectivity index (χ1n) is 8.29. The van der Waals surface area contributed by atoms with E-state index in [1.54, 1.807) is 37.7 Å². The number of nitrogens with zero attached hydrogens (tertiary/aromatic N) is 2. The molecule has 0 unspecified atom stereocenters. The Morgan fingerprint density at radius 3 is 2.19 bits per heavy atom. The Kier molecular flexibility index (Phi) is 5.79. The standard InChI is InChI=1S/C21H19N3O3/c1-26-18-9-8-17(14-19(18)27-2)21(25)24-23-20(15-6-4-3-5-7-15)16-10-12-22-13-11-16/h3-14H,1-2H3,(H,24,25)/b23-20-. The maximum Gasteiger partial charge on any atom is 0.271 e. The Hall–Kier alpha value is -3.67. The van der Waals surface area contributed by atoms with Crippen LogP contribution in [0.15, 0.2) is 78.2 Å². The summed E-state index contributed by atoms with van der Waals surface area (Å²) in [6.07, 6.45) is 3.37. The Morgan fingerprint density at radius 2 is 1.52 bits per heavy atom. The van der Waals surface area contributed by atoms with Crippen LogP contribution in [0.4, 0.5) is 0 Å². The molecule has 1 amide bonds. The van der Waals surface area contributed by atoms with Crippen LogP contribution in [0.3, 0.4) is 0 Å². The van der Waals surface area contributed by atoms with Gasteiger partial charge >= 0.3 is 0 Å². The molecule has 0 aliphatic heterocycles. The Bertz CT molecular complexity index is 900. The number of hydrogen-bond donors (Lipinski definition) is 1. The first kappa shape index (κ1) is 18.1. The van der Waals surface area contributed by atoms with E-state index in [0.717, 1.165) is 11.1 Å². The van der Waals surface area contributed by atoms with Gasteiger partial charge < -0.3 is 9.47 Å². The zero-order valence-electron chi connectivity index (χ0n) is 15.0. The summed E-state index contributed by atoms with van der Waals surface area (Å²) in [6.45, 7) is 0. The van der Waals surface area contributed by atoms with E-state index in [1.807, 2.05) is 42.5 Å². The van der Waals surface area contributed by atoms with Crippen molar-refractivity contribution < 1.29 is 14.3 Å². The molecule has 27 heavy (non-hydrogen) atoms. The first-order valence-corrected chi connectivity index (χ1v) is 8.29. The summed E-state index contributed by atoms with van der Waals surface area (Å²) < 4.78 is 10.4. The zero-order chi connectivity index (χ0) is 19.1. The van der Waals surface area contributed by atoms with Gasteiger partial charge in [-0.05, 0) is 30.3 Å². The van der Waals surface area contributed by atoms with Crippen LogP contribution >= 0.6 is 0 Å². The Labute approximate surface area is 157 Å². The van der Waals surface area contributed by atoms with Crippen molar-refractivity contribution in [2.45, 2.75) is 0 Å². The number of methoxy groups -OCH3 is 2. The number of rotatable bonds is 6. The molecule has 0 bridgehead atoms. The number of hydrazone groups is 1. The van der Waals surface area contributed by atoms with E-state index in [2.05, 4.69) is 15.5 Å². The molecule has 1 heterocycles. The number of pyridine rings is 1. The van der Waals surface area contributed by atoms with Crippen LogP contribution in [-0.4, -0.2) is 30.8 Å². The molecule has 0 saturated heterocycles. The number of hydrogen-bond acceptors (Lipinski definition) is 5. The molecule has 0 aliphatic carbocycles. The van der Waals surface area contributed by atoms with Gasteiger partial charge in [-0.1, -0.05) is 30.3 Å². The number of carbonyl (C=O) groups excluding carboxylic acids is 1. The summed E-state index contributed by atoms with van der Waals surface area (Å²) in [5, 5.41) is 4.36. The molecule has 0 fully saturated rings. The van der Waals surface area contributed by atoms with Crippen molar-refractivity contribution in [3.63, 3.8) is 0 Å². The highest BCUT2D eigenvalue weighted by molar-refractivity contribution is 6.13. The highest BCUT2D eigenvalue weighted by atomic mass is 16.5. The molecule has 136 valence electrons. The predicted octanol–water partition coefficient (Wildman–Crippen LogP) is 3.28. The Balaban J connectivity index is 1.90. The molecule has 6 heteroatoms. The topological polar surface area (TPSA) is 72.8 Å². The van der Waals surface area contributed by atoms with E-state index >= 15 is 0 Å². The second-order valence-electron chi connectivity index (χ2n) is 5.57. The minimum absolute atomic E-state index is 0.349. The number of carbonyl (C=O) groups is 1. The lowest BCUT2D eigenvalue weighted by Gasteiger charge is -2.10. The molecule has 0 spiro atoms. The van der Waals surface area contributed by atoms with Gasteiger partial charge in [-0.15, -0.1) is 0 Å². The second kappa shape index (κ2) is 8.62. The summed E-state index contributed by atoms with van der Waals surface area (Å²) in [4.78, 5) is 16.6. The lowest BCUT2D eigenvalue weighted by molar-refractivity contribution is 0.0954. The number of ether oxygens (including phenoxy) is 2. The van der Waals surface area contributed by atoms with Gasteiger partial charge in [0.1, 0.15) is 0 Å². The van der Waals surface area contributed by atoms with Crippen molar-refractivity contribution in [1.29, 1.82) is 0 Å². The lowest BCUT2D eigenvalue weighted by Crippen LogP contribution is -2.20. The molecule has 0 radical (unpaired) electrons. The third-order valence-corrected chi connectivity index (χ3v) is 3.92. The normalized spacial score (nSPS) is 11.0. The maximum absolute atomic E-state index is 12.6. The first-order chi connectivity index (χ1) is 13.2. The van der Waals surface area contributed by atoms with E-state index < -0.39 is 0 Å². The van der Waals surface area contributed by atoms with Gasteiger partial charge in [0.15, 0.2) is 11.5 Å². The van der Waals surface area contributed by atoms with Crippen LogP contribution in [0.5, 0.6) is 11.5 Å². The minimum atomic E-state index is -0.349. The summed E-state index contributed by atoms with van der Waals surface area (Å²) >= 11 is 0. The number of nitrogens with one attached hydrogen (secondary N) is 1. The number of amides is 1. The van der Waals surface area contributed by atoms with Crippen molar-refractivity contribution >= 4 is 11.6 Å². The van der Waals surface area contributed by atoms with Crippen molar-refractivity contribution in [2.24, 2.45) is 5.10 Å². The highest BCUT2D eigenvalue weighted by Crippen LogP contribution is 2.27. The third-order valence-electron chi connectivity index (χ3n) is 3.92. The van der Waals surface area contributed by atoms with Crippen LogP contribution in [0.2, 0.25) is 0 Å². The minimum Gasteiger partial charge on any atom is -0.493 e. The van der Waals surface area contributed by atoms with Crippen LogP contribution < -0.4 is 14.9 Å². The van der Waals surface area contributed by atoms with Crippen molar-refractivity contribution in [2.75, 3.05) is 14.2 Å². The second-order valence-corrected chi connectivity index (χ2v) is 5.57. The summed E-state index contributed by atoms with van der Waals surface area (Å²) in [7, 11) is 3.07. The monoisotopic (exact) mass is 361 g/mol. The molecule has 0 atom stereocenters. The molecule has 2 aromatic carbocycles. The van der Waals surface area contributed by atoms with Crippen LogP contribution in [0.1, 0.15) is 21.5 Å². The summed E-state index contributed by atoms with van der Waals surface area (Å²) in [6, 6.07) is 18.3. The van der Waals surface area contributed by atoms with E-state index in [9.17, 15) is 4.79 Å². The van der Waals surface area contributed by atoms with Crippen molar-refractivity contribution in [3.8, 4) is 11.5 Å². The molecule has 1 N–H and O–H groups in total. The molecule has 1 aromatic heterocycles. The molecule has 0 saturated carbocycles. The van der Waals surface area contributed by atoms with Gasteiger partial charge in [0, 0.05) is 29.1 Å². The fourth-order valence-electron chi connectivity index (χ4n) is 2.55. The molecule has 3 rings (SSSR count). The molecular weight excluding hydrogens is 342 g/mol. The fourth-order valence-corrected chi connectivity index (χ4v) is 2.55. The van der Waals surface area contributed by atoms with Gasteiger partial charge in [-0.25, -0.2) is 5.43 Å². The van der Waals surface area contributed by atoms with E-state index in [4.69, 9.17) is 9.47 Å². The van der Waals surface area contributed by atoms with Gasteiger partial charge in [0.05, 0.1) is 19.9 Å². The van der Waals surface area contributed by atoms with Crippen LogP contribution in [0.25, 0.3) is 0 Å². The third kappa shape index (κ3) is 4.30. The Morgan fingerprint density at radius 1 is 0.852 bits per heavy atom. The van der Waals surface area contributed by atoms with Gasteiger partial charge in [-0.3, -0.25) is 9.78 Å². The molecular formula is C21H19N3O3. The maximum atomic E-state index is 12.6. The van der Waals surface area contributed by atoms with Crippen molar-refractivity contribution in [3.05, 3.63) is 89.7 Å². The summed E-state index contributed by atoms with van der Waals surface area (Å²) in [5.41, 5.74) is 5.41. The van der Waals surface area contributed by atoms with Gasteiger partial charge in [-0.2, -0.15) is 5.10 Å². The average Bonchev–Trinajstić information content (AvgIpc) is 2.74. The lowest BCUT2D eigenvalue weighted by atomic mass is 10.0. The van der Waals surface area contributed by atoms with Crippen LogP contribution in [0, 0.1) is 0 Å². The van der Waals surface area contributed by atoms with E-state index in [0.29, 0.717) is 22.8 Å². The predicted molar refractivity (Wildman–Crippen MR) is 103 cm³/mol. The van der Waals surface area contributed by atoms with E-state index in [1.165, 1.54) is 7.11 Å². The smallest absolute Gasteiger partial charge is 0.271 e. The molecule has 3 aromatic rings. The fraction of sp³-hybridized carbons (Fsp3) is 0.0952. The summed E-state index contributed by atoms with van der Waals surface area (Å²) in [5.74, 6) is 0.685. The molecule has 0 aliphatic rings. The van der Waals surface area contributed by atoms with Gasteiger partial charge in [0.2, 0.25) is 0 Å². The number of benzene rings is 2. The average molecular weight is 361 g/mol. The quantitative estimate of drug-likeness (QED) is 0.540. The largest absolute Gasteiger partial charge is 0.493 e.